The zero-order valence-corrected chi connectivity index (χ0v) is 11.7. The van der Waals surface area contributed by atoms with Crippen LogP contribution in [0.15, 0.2) is 24.4 Å². The van der Waals surface area contributed by atoms with Crippen molar-refractivity contribution in [1.82, 2.24) is 15.5 Å². The first-order chi connectivity index (χ1) is 9.15. The molecule has 2 aromatic rings. The van der Waals surface area contributed by atoms with E-state index in [4.69, 9.17) is 0 Å². The molecule has 0 aliphatic rings. The van der Waals surface area contributed by atoms with Crippen LogP contribution in [0.3, 0.4) is 0 Å². The van der Waals surface area contributed by atoms with Crippen molar-refractivity contribution in [3.63, 3.8) is 0 Å². The van der Waals surface area contributed by atoms with E-state index in [9.17, 15) is 4.79 Å². The lowest BCUT2D eigenvalue weighted by atomic mass is 9.95. The molecule has 0 saturated carbocycles. The SMILES string of the molecule is CCC(CC)C(C)NC(=O)c1ccc2cn[nH]c2c1. The number of benzene rings is 1. The molecule has 0 aliphatic heterocycles. The summed E-state index contributed by atoms with van der Waals surface area (Å²) in [5.74, 6) is 0.510. The smallest absolute Gasteiger partial charge is 0.251 e. The molecule has 4 heteroatoms. The van der Waals surface area contributed by atoms with E-state index in [2.05, 4.69) is 36.3 Å². The maximum Gasteiger partial charge on any atom is 0.251 e. The van der Waals surface area contributed by atoms with E-state index in [1.54, 1.807) is 6.20 Å². The predicted molar refractivity (Wildman–Crippen MR) is 77.1 cm³/mol. The maximum absolute atomic E-state index is 12.2. The van der Waals surface area contributed by atoms with E-state index in [1.165, 1.54) is 0 Å². The highest BCUT2D eigenvalue weighted by atomic mass is 16.1. The van der Waals surface area contributed by atoms with Crippen LogP contribution >= 0.6 is 0 Å². The summed E-state index contributed by atoms with van der Waals surface area (Å²) in [6, 6.07) is 5.79. The van der Waals surface area contributed by atoms with Gasteiger partial charge in [-0.2, -0.15) is 5.10 Å². The Balaban J connectivity index is 2.10. The number of nitrogens with one attached hydrogen (secondary N) is 2. The summed E-state index contributed by atoms with van der Waals surface area (Å²) >= 11 is 0. The van der Waals surface area contributed by atoms with Gasteiger partial charge in [-0.15, -0.1) is 0 Å². The summed E-state index contributed by atoms with van der Waals surface area (Å²) in [5.41, 5.74) is 1.57. The van der Waals surface area contributed by atoms with Crippen LogP contribution < -0.4 is 5.32 Å². The van der Waals surface area contributed by atoms with Gasteiger partial charge >= 0.3 is 0 Å². The molecule has 2 rings (SSSR count). The van der Waals surface area contributed by atoms with Gasteiger partial charge in [-0.3, -0.25) is 9.89 Å². The van der Waals surface area contributed by atoms with Gasteiger partial charge in [0.15, 0.2) is 0 Å². The Kier molecular flexibility index (Phi) is 4.20. The number of aromatic nitrogens is 2. The molecule has 1 aromatic carbocycles. The normalized spacial score (nSPS) is 12.8. The van der Waals surface area contributed by atoms with E-state index in [-0.39, 0.29) is 11.9 Å². The summed E-state index contributed by atoms with van der Waals surface area (Å²) in [6.45, 7) is 6.39. The van der Waals surface area contributed by atoms with Gasteiger partial charge in [0.25, 0.3) is 5.91 Å². The Morgan fingerprint density at radius 3 is 2.79 bits per heavy atom. The highest BCUT2D eigenvalue weighted by Crippen LogP contribution is 2.15. The van der Waals surface area contributed by atoms with Crippen LogP contribution in [0.2, 0.25) is 0 Å². The lowest BCUT2D eigenvalue weighted by Gasteiger charge is -2.22. The molecule has 0 radical (unpaired) electrons. The van der Waals surface area contributed by atoms with E-state index in [0.29, 0.717) is 11.5 Å². The molecule has 1 amide bonds. The highest BCUT2D eigenvalue weighted by molar-refractivity contribution is 5.97. The van der Waals surface area contributed by atoms with Crippen LogP contribution in [0.5, 0.6) is 0 Å². The minimum Gasteiger partial charge on any atom is -0.349 e. The van der Waals surface area contributed by atoms with E-state index >= 15 is 0 Å². The Hall–Kier alpha value is -1.84. The van der Waals surface area contributed by atoms with Crippen LogP contribution in [0.25, 0.3) is 10.9 Å². The van der Waals surface area contributed by atoms with Gasteiger partial charge in [0.2, 0.25) is 0 Å². The second kappa shape index (κ2) is 5.87. The van der Waals surface area contributed by atoms with Crippen LogP contribution in [0.1, 0.15) is 44.0 Å². The van der Waals surface area contributed by atoms with Gasteiger partial charge in [-0.1, -0.05) is 32.8 Å². The molecular weight excluding hydrogens is 238 g/mol. The van der Waals surface area contributed by atoms with Gasteiger partial charge in [0.05, 0.1) is 11.7 Å². The number of carbonyl (C=O) groups is 1. The van der Waals surface area contributed by atoms with E-state index in [1.807, 2.05) is 18.2 Å². The number of H-pyrrole nitrogens is 1. The second-order valence-electron chi connectivity index (χ2n) is 5.01. The second-order valence-corrected chi connectivity index (χ2v) is 5.01. The number of carbonyl (C=O) groups excluding carboxylic acids is 1. The minimum absolute atomic E-state index is 0.0177. The molecule has 0 bridgehead atoms. The van der Waals surface area contributed by atoms with Crippen LogP contribution in [0, 0.1) is 5.92 Å². The predicted octanol–water partition coefficient (Wildman–Crippen LogP) is 3.12. The van der Waals surface area contributed by atoms with E-state index < -0.39 is 0 Å². The number of nitrogens with zero attached hydrogens (tertiary/aromatic N) is 1. The average Bonchev–Trinajstić information content (AvgIpc) is 2.87. The fraction of sp³-hybridized carbons (Fsp3) is 0.467. The van der Waals surface area contributed by atoms with Gasteiger partial charge < -0.3 is 5.32 Å². The molecule has 0 saturated heterocycles. The van der Waals surface area contributed by atoms with Crippen molar-refractivity contribution in [3.8, 4) is 0 Å². The molecule has 4 nitrogen and oxygen atoms in total. The first kappa shape index (κ1) is 13.6. The van der Waals surface area contributed by atoms with Crippen molar-refractivity contribution in [1.29, 1.82) is 0 Å². The first-order valence-electron chi connectivity index (χ1n) is 6.89. The maximum atomic E-state index is 12.2. The summed E-state index contributed by atoms with van der Waals surface area (Å²) < 4.78 is 0. The van der Waals surface area contributed by atoms with E-state index in [0.717, 1.165) is 23.7 Å². The Morgan fingerprint density at radius 2 is 2.11 bits per heavy atom. The van der Waals surface area contributed by atoms with Crippen LogP contribution in [-0.2, 0) is 0 Å². The Morgan fingerprint density at radius 1 is 1.37 bits per heavy atom. The molecule has 0 spiro atoms. The number of hydrogen-bond acceptors (Lipinski definition) is 2. The topological polar surface area (TPSA) is 57.8 Å². The molecule has 1 heterocycles. The van der Waals surface area contributed by atoms with Crippen molar-refractivity contribution >= 4 is 16.8 Å². The third-order valence-electron chi connectivity index (χ3n) is 3.82. The fourth-order valence-electron chi connectivity index (χ4n) is 2.48. The minimum atomic E-state index is -0.0177. The first-order valence-corrected chi connectivity index (χ1v) is 6.89. The number of hydrogen-bond donors (Lipinski definition) is 2. The van der Waals surface area contributed by atoms with Gasteiger partial charge in [-0.05, 0) is 25.0 Å². The third-order valence-corrected chi connectivity index (χ3v) is 3.82. The monoisotopic (exact) mass is 259 g/mol. The largest absolute Gasteiger partial charge is 0.349 e. The molecule has 1 unspecified atom stereocenters. The van der Waals surface area contributed by atoms with Crippen molar-refractivity contribution in [2.24, 2.45) is 5.92 Å². The zero-order chi connectivity index (χ0) is 13.8. The van der Waals surface area contributed by atoms with Crippen molar-refractivity contribution in [3.05, 3.63) is 30.0 Å². The lowest BCUT2D eigenvalue weighted by molar-refractivity contribution is 0.0925. The number of aromatic amines is 1. The van der Waals surface area contributed by atoms with Gasteiger partial charge in [0.1, 0.15) is 0 Å². The number of fused-ring (bicyclic) bond motifs is 1. The summed E-state index contributed by atoms with van der Waals surface area (Å²) in [6.07, 6.45) is 3.92. The highest BCUT2D eigenvalue weighted by Gasteiger charge is 2.16. The molecule has 102 valence electrons. The molecule has 19 heavy (non-hydrogen) atoms. The Labute approximate surface area is 113 Å². The summed E-state index contributed by atoms with van der Waals surface area (Å²) in [5, 5.41) is 10.9. The third kappa shape index (κ3) is 2.95. The molecule has 1 aromatic heterocycles. The fourth-order valence-corrected chi connectivity index (χ4v) is 2.48. The number of rotatable bonds is 5. The molecule has 2 N–H and O–H groups in total. The van der Waals surface area contributed by atoms with Gasteiger partial charge in [-0.25, -0.2) is 0 Å². The van der Waals surface area contributed by atoms with Crippen LogP contribution in [0.4, 0.5) is 0 Å². The lowest BCUT2D eigenvalue weighted by Crippen LogP contribution is -2.37. The van der Waals surface area contributed by atoms with Gasteiger partial charge in [0, 0.05) is 17.0 Å². The van der Waals surface area contributed by atoms with Crippen molar-refractivity contribution in [2.45, 2.75) is 39.7 Å². The molecular formula is C15H21N3O. The van der Waals surface area contributed by atoms with Crippen LogP contribution in [-0.4, -0.2) is 22.1 Å². The summed E-state index contributed by atoms with van der Waals surface area (Å²) in [4.78, 5) is 12.2. The molecule has 0 aliphatic carbocycles. The molecule has 1 atom stereocenters. The summed E-state index contributed by atoms with van der Waals surface area (Å²) in [7, 11) is 0. The zero-order valence-electron chi connectivity index (χ0n) is 11.7. The quantitative estimate of drug-likeness (QED) is 0.866. The standard InChI is InChI=1S/C15H21N3O/c1-4-11(5-2)10(3)17-15(19)12-6-7-13-9-16-18-14(13)8-12/h6-11H,4-5H2,1-3H3,(H,16,18)(H,17,19). The molecule has 0 fully saturated rings. The van der Waals surface area contributed by atoms with Crippen molar-refractivity contribution in [2.75, 3.05) is 0 Å². The number of amides is 1. The average molecular weight is 259 g/mol. The van der Waals surface area contributed by atoms with Crippen molar-refractivity contribution < 1.29 is 4.79 Å². The Bertz CT molecular complexity index is 557.